The molecule has 22 heavy (non-hydrogen) atoms. The summed E-state index contributed by atoms with van der Waals surface area (Å²) in [4.78, 5) is 20.3. The Morgan fingerprint density at radius 2 is 2.09 bits per heavy atom. The Kier molecular flexibility index (Phi) is 4.00. The van der Waals surface area contributed by atoms with Gasteiger partial charge in [0.05, 0.1) is 19.2 Å². The number of rotatable bonds is 4. The second kappa shape index (κ2) is 5.94. The van der Waals surface area contributed by atoms with Gasteiger partial charge in [0.25, 0.3) is 0 Å². The quantitative estimate of drug-likeness (QED) is 0.900. The summed E-state index contributed by atoms with van der Waals surface area (Å²) < 4.78 is 7.02. The first-order valence-corrected chi connectivity index (χ1v) is 7.27. The van der Waals surface area contributed by atoms with Crippen molar-refractivity contribution < 1.29 is 14.6 Å². The molecule has 1 aliphatic heterocycles. The van der Waals surface area contributed by atoms with Crippen molar-refractivity contribution >= 4 is 11.5 Å². The molecule has 2 aromatic heterocycles. The summed E-state index contributed by atoms with van der Waals surface area (Å²) in [6, 6.07) is 3.53. The number of pyridine rings is 1. The number of piperazine rings is 1. The van der Waals surface area contributed by atoms with Crippen molar-refractivity contribution in [1.29, 1.82) is 0 Å². The SMILES string of the molecule is COc1ccn2c(CN3CCN(C)CC3)nc(C(=O)O)c2c1. The number of fused-ring (bicyclic) bond motifs is 1. The fourth-order valence-corrected chi connectivity index (χ4v) is 2.73. The van der Waals surface area contributed by atoms with Crippen LogP contribution in [0, 0.1) is 0 Å². The molecule has 1 saturated heterocycles. The Hall–Kier alpha value is -2.12. The lowest BCUT2D eigenvalue weighted by molar-refractivity contribution is 0.0693. The van der Waals surface area contributed by atoms with Crippen LogP contribution in [0.1, 0.15) is 16.3 Å². The highest BCUT2D eigenvalue weighted by Crippen LogP contribution is 2.20. The summed E-state index contributed by atoms with van der Waals surface area (Å²) in [7, 11) is 3.67. The van der Waals surface area contributed by atoms with E-state index in [-0.39, 0.29) is 5.69 Å². The molecule has 0 atom stereocenters. The number of likely N-dealkylation sites (N-methyl/N-ethyl adjacent to an activating group) is 1. The van der Waals surface area contributed by atoms with Gasteiger partial charge in [0.15, 0.2) is 5.69 Å². The predicted molar refractivity (Wildman–Crippen MR) is 81.5 cm³/mol. The van der Waals surface area contributed by atoms with E-state index in [1.807, 2.05) is 16.7 Å². The highest BCUT2D eigenvalue weighted by atomic mass is 16.5. The maximum Gasteiger partial charge on any atom is 0.356 e. The van der Waals surface area contributed by atoms with Crippen molar-refractivity contribution in [1.82, 2.24) is 19.2 Å². The monoisotopic (exact) mass is 304 g/mol. The first kappa shape index (κ1) is 14.8. The Balaban J connectivity index is 1.94. The van der Waals surface area contributed by atoms with E-state index in [0.717, 1.165) is 32.0 Å². The topological polar surface area (TPSA) is 70.3 Å². The fraction of sp³-hybridized carbons (Fsp3) is 0.467. The van der Waals surface area contributed by atoms with Crippen LogP contribution in [0.25, 0.3) is 5.52 Å². The molecule has 0 saturated carbocycles. The van der Waals surface area contributed by atoms with Crippen LogP contribution < -0.4 is 4.74 Å². The third-order valence-electron chi connectivity index (χ3n) is 4.09. The zero-order valence-electron chi connectivity index (χ0n) is 12.8. The zero-order valence-corrected chi connectivity index (χ0v) is 12.8. The van der Waals surface area contributed by atoms with Gasteiger partial charge in [0, 0.05) is 38.4 Å². The molecule has 0 bridgehead atoms. The third kappa shape index (κ3) is 2.77. The van der Waals surface area contributed by atoms with E-state index in [9.17, 15) is 9.90 Å². The molecule has 3 rings (SSSR count). The molecule has 1 aliphatic rings. The zero-order chi connectivity index (χ0) is 15.7. The Morgan fingerprint density at radius 3 is 2.73 bits per heavy atom. The number of carboxylic acids is 1. The van der Waals surface area contributed by atoms with E-state index in [0.29, 0.717) is 17.8 Å². The molecule has 0 aliphatic carbocycles. The number of imidazole rings is 1. The molecule has 0 unspecified atom stereocenters. The van der Waals surface area contributed by atoms with Crippen molar-refractivity contribution in [2.75, 3.05) is 40.3 Å². The first-order valence-electron chi connectivity index (χ1n) is 7.27. The average Bonchev–Trinajstić information content (AvgIpc) is 2.87. The van der Waals surface area contributed by atoms with Gasteiger partial charge in [0.2, 0.25) is 0 Å². The summed E-state index contributed by atoms with van der Waals surface area (Å²) in [5.74, 6) is 0.357. The minimum atomic E-state index is -1.02. The summed E-state index contributed by atoms with van der Waals surface area (Å²) in [6.07, 6.45) is 1.82. The van der Waals surface area contributed by atoms with Gasteiger partial charge < -0.3 is 19.1 Å². The van der Waals surface area contributed by atoms with Crippen LogP contribution in [-0.2, 0) is 6.54 Å². The lowest BCUT2D eigenvalue weighted by atomic mass is 10.3. The van der Waals surface area contributed by atoms with Crippen LogP contribution >= 0.6 is 0 Å². The van der Waals surface area contributed by atoms with E-state index in [2.05, 4.69) is 21.8 Å². The second-order valence-corrected chi connectivity index (χ2v) is 5.58. The fourth-order valence-electron chi connectivity index (χ4n) is 2.73. The van der Waals surface area contributed by atoms with Crippen molar-refractivity contribution in [2.45, 2.75) is 6.54 Å². The number of methoxy groups -OCH3 is 1. The Morgan fingerprint density at radius 1 is 1.36 bits per heavy atom. The molecule has 0 radical (unpaired) electrons. The molecule has 7 heteroatoms. The maximum atomic E-state index is 11.4. The molecule has 7 nitrogen and oxygen atoms in total. The summed E-state index contributed by atoms with van der Waals surface area (Å²) >= 11 is 0. The molecule has 3 heterocycles. The van der Waals surface area contributed by atoms with Crippen molar-refractivity contribution in [3.05, 3.63) is 29.8 Å². The lowest BCUT2D eigenvalue weighted by Gasteiger charge is -2.31. The van der Waals surface area contributed by atoms with Crippen LogP contribution in [0.15, 0.2) is 18.3 Å². The highest BCUT2D eigenvalue weighted by Gasteiger charge is 2.20. The first-order chi connectivity index (χ1) is 10.6. The third-order valence-corrected chi connectivity index (χ3v) is 4.09. The normalized spacial score (nSPS) is 17.0. The maximum absolute atomic E-state index is 11.4. The second-order valence-electron chi connectivity index (χ2n) is 5.58. The molecule has 0 amide bonds. The van der Waals surface area contributed by atoms with Gasteiger partial charge in [-0.15, -0.1) is 0 Å². The number of aromatic carboxylic acids is 1. The number of hydrogen-bond acceptors (Lipinski definition) is 5. The van der Waals surface area contributed by atoms with E-state index >= 15 is 0 Å². The Labute approximate surface area is 128 Å². The minimum Gasteiger partial charge on any atom is -0.497 e. The number of hydrogen-bond donors (Lipinski definition) is 1. The van der Waals surface area contributed by atoms with Crippen LogP contribution in [0.2, 0.25) is 0 Å². The smallest absolute Gasteiger partial charge is 0.356 e. The van der Waals surface area contributed by atoms with Crippen LogP contribution in [0.3, 0.4) is 0 Å². The van der Waals surface area contributed by atoms with Gasteiger partial charge in [-0.25, -0.2) is 9.78 Å². The number of carboxylic acid groups (broad SMARTS) is 1. The van der Waals surface area contributed by atoms with Crippen LogP contribution in [-0.4, -0.2) is 70.6 Å². The van der Waals surface area contributed by atoms with E-state index in [4.69, 9.17) is 4.74 Å². The van der Waals surface area contributed by atoms with Crippen molar-refractivity contribution in [3.8, 4) is 5.75 Å². The standard InChI is InChI=1S/C15H20N4O3/c1-17-5-7-18(8-6-17)10-13-16-14(15(20)21)12-9-11(22-2)3-4-19(12)13/h3-4,9H,5-8,10H2,1-2H3,(H,20,21). The molecular formula is C15H20N4O3. The molecule has 0 aromatic carbocycles. The molecule has 2 aromatic rings. The largest absolute Gasteiger partial charge is 0.497 e. The average molecular weight is 304 g/mol. The summed E-state index contributed by atoms with van der Waals surface area (Å²) in [6.45, 7) is 4.61. The highest BCUT2D eigenvalue weighted by molar-refractivity contribution is 5.94. The van der Waals surface area contributed by atoms with Gasteiger partial charge >= 0.3 is 5.97 Å². The van der Waals surface area contributed by atoms with E-state index in [1.54, 1.807) is 13.2 Å². The van der Waals surface area contributed by atoms with Gasteiger partial charge in [-0.3, -0.25) is 4.90 Å². The molecule has 1 fully saturated rings. The summed E-state index contributed by atoms with van der Waals surface area (Å²) in [5.41, 5.74) is 0.638. The molecule has 0 spiro atoms. The number of ether oxygens (including phenoxy) is 1. The van der Waals surface area contributed by atoms with Crippen molar-refractivity contribution in [3.63, 3.8) is 0 Å². The van der Waals surface area contributed by atoms with Gasteiger partial charge in [-0.2, -0.15) is 0 Å². The Bertz CT molecular complexity index is 689. The number of nitrogens with zero attached hydrogens (tertiary/aromatic N) is 4. The predicted octanol–water partition coefficient (Wildman–Crippen LogP) is 0.788. The molecule has 1 N–H and O–H groups in total. The van der Waals surface area contributed by atoms with Gasteiger partial charge in [0.1, 0.15) is 11.6 Å². The van der Waals surface area contributed by atoms with Gasteiger partial charge in [-0.05, 0) is 13.1 Å². The molecular weight excluding hydrogens is 284 g/mol. The van der Waals surface area contributed by atoms with Crippen LogP contribution in [0.4, 0.5) is 0 Å². The van der Waals surface area contributed by atoms with Crippen LogP contribution in [0.5, 0.6) is 5.75 Å². The number of carbonyl (C=O) groups is 1. The van der Waals surface area contributed by atoms with E-state index in [1.165, 1.54) is 0 Å². The number of aromatic nitrogens is 2. The van der Waals surface area contributed by atoms with E-state index < -0.39 is 5.97 Å². The lowest BCUT2D eigenvalue weighted by Crippen LogP contribution is -2.44. The van der Waals surface area contributed by atoms with Crippen molar-refractivity contribution in [2.24, 2.45) is 0 Å². The summed E-state index contributed by atoms with van der Waals surface area (Å²) in [5, 5.41) is 9.36. The molecule has 118 valence electrons. The minimum absolute atomic E-state index is 0.0722. The van der Waals surface area contributed by atoms with Gasteiger partial charge in [-0.1, -0.05) is 0 Å².